The van der Waals surface area contributed by atoms with Crippen LogP contribution in [0.4, 0.5) is 14.5 Å². The average Bonchev–Trinajstić information content (AvgIpc) is 2.56. The Labute approximate surface area is 507 Å². The van der Waals surface area contributed by atoms with Gasteiger partial charge in [0.15, 0.2) is 0 Å². The van der Waals surface area contributed by atoms with Crippen molar-refractivity contribution < 1.29 is 23.5 Å². The van der Waals surface area contributed by atoms with Crippen molar-refractivity contribution in [3.63, 3.8) is 0 Å². The van der Waals surface area contributed by atoms with E-state index in [9.17, 15) is 28.0 Å². The molecule has 1 amide bonds. The fraction of sp³-hybridized carbons (Fsp3) is 0.171. The lowest BCUT2D eigenvalue weighted by atomic mass is 9.98. The van der Waals surface area contributed by atoms with Crippen molar-refractivity contribution in [2.45, 2.75) is 51.6 Å². The lowest BCUT2D eigenvalue weighted by Crippen LogP contribution is -2.21. The molecule has 3 aliphatic rings. The number of aromatic nitrogens is 4. The van der Waals surface area contributed by atoms with Crippen LogP contribution in [-0.4, -0.2) is 42.6 Å². The number of aromatic carboxylic acids is 1. The predicted molar refractivity (Wildman–Crippen MR) is 338 cm³/mol. The summed E-state index contributed by atoms with van der Waals surface area (Å²) in [6.45, 7) is 2.31. The molecule has 3 aliphatic heterocycles. The number of anilines is 1. The molecule has 426 valence electrons. The molecule has 15 heteroatoms. The maximum absolute atomic E-state index is 13.3. The highest BCUT2D eigenvalue weighted by atomic mass is 79.9. The van der Waals surface area contributed by atoms with Gasteiger partial charge < -0.3 is 16.2 Å². The Balaban J connectivity index is 0.000000137. The molecule has 1 saturated heterocycles. The normalized spacial score (nSPS) is 15.0. The van der Waals surface area contributed by atoms with Gasteiger partial charge in [-0.25, -0.2) is 23.5 Å². The van der Waals surface area contributed by atoms with E-state index in [0.717, 1.165) is 76.9 Å². The number of fused-ring (bicyclic) bond motifs is 4. The van der Waals surface area contributed by atoms with Crippen LogP contribution in [0.3, 0.4) is 0 Å². The molecule has 85 heavy (non-hydrogen) atoms. The number of nitrogens with two attached hydrogens (primary N) is 1. The van der Waals surface area contributed by atoms with E-state index in [1.54, 1.807) is 42.5 Å². The van der Waals surface area contributed by atoms with E-state index < -0.39 is 5.97 Å². The van der Waals surface area contributed by atoms with Gasteiger partial charge in [0.2, 0.25) is 5.91 Å². The first-order valence-corrected chi connectivity index (χ1v) is 29.1. The summed E-state index contributed by atoms with van der Waals surface area (Å²) in [6, 6.07) is 59.1. The van der Waals surface area contributed by atoms with Crippen LogP contribution in [0.1, 0.15) is 61.8 Å². The summed E-state index contributed by atoms with van der Waals surface area (Å²) in [5.41, 5.74) is 13.2. The van der Waals surface area contributed by atoms with Gasteiger partial charge in [-0.3, -0.25) is 23.5 Å². The van der Waals surface area contributed by atoms with Gasteiger partial charge >= 0.3 is 5.97 Å². The second kappa shape index (κ2) is 28.8. The van der Waals surface area contributed by atoms with Crippen LogP contribution < -0.4 is 22.2 Å². The fourth-order valence-electron chi connectivity index (χ4n) is 10.4. The molecule has 0 saturated carbocycles. The maximum atomic E-state index is 13.3. The first kappa shape index (κ1) is 60.3. The third kappa shape index (κ3) is 16.7. The van der Waals surface area contributed by atoms with Gasteiger partial charge in [0.1, 0.15) is 23.3 Å². The Morgan fingerprint density at radius 2 is 1.02 bits per heavy atom. The van der Waals surface area contributed by atoms with Crippen LogP contribution in [0.25, 0.3) is 21.8 Å². The molecule has 3 atom stereocenters. The first-order chi connectivity index (χ1) is 41.1. The molecule has 0 bridgehead atoms. The Morgan fingerprint density at radius 1 is 0.565 bits per heavy atom. The molecule has 0 spiro atoms. The van der Waals surface area contributed by atoms with Gasteiger partial charge in [-0.05, 0) is 145 Å². The van der Waals surface area contributed by atoms with E-state index >= 15 is 0 Å². The van der Waals surface area contributed by atoms with Gasteiger partial charge in [-0.1, -0.05) is 153 Å². The summed E-state index contributed by atoms with van der Waals surface area (Å²) in [4.78, 5) is 56.5. The van der Waals surface area contributed by atoms with Crippen molar-refractivity contribution in [3.05, 3.63) is 286 Å². The highest BCUT2D eigenvalue weighted by molar-refractivity contribution is 9.10. The number of carboxylic acids is 1. The van der Waals surface area contributed by atoms with E-state index in [4.69, 9.17) is 27.2 Å². The smallest absolute Gasteiger partial charge is 0.337 e. The number of benzene rings is 8. The third-order valence-electron chi connectivity index (χ3n) is 14.4. The number of amides is 1. The van der Waals surface area contributed by atoms with Crippen LogP contribution >= 0.6 is 31.9 Å². The summed E-state index contributed by atoms with van der Waals surface area (Å²) >= 11 is 6.62. The summed E-state index contributed by atoms with van der Waals surface area (Å²) < 4.78 is 31.0. The number of carboxylic acid groups (broad SMARTS) is 1. The lowest BCUT2D eigenvalue weighted by Gasteiger charge is -2.07. The summed E-state index contributed by atoms with van der Waals surface area (Å²) in [7, 11) is 0. The van der Waals surface area contributed by atoms with Crippen LogP contribution in [-0.2, 0) is 50.0 Å². The van der Waals surface area contributed by atoms with Crippen LogP contribution in [0.2, 0.25) is 0 Å². The van der Waals surface area contributed by atoms with E-state index in [1.165, 1.54) is 47.0 Å². The summed E-state index contributed by atoms with van der Waals surface area (Å²) in [6.07, 6.45) is 10.3. The van der Waals surface area contributed by atoms with E-state index in [1.807, 2.05) is 81.9 Å². The largest absolute Gasteiger partial charge is 0.478 e. The van der Waals surface area contributed by atoms with Gasteiger partial charge in [-0.15, -0.1) is 6.42 Å². The lowest BCUT2D eigenvalue weighted by molar-refractivity contribution is -0.119. The Kier molecular flexibility index (Phi) is 20.4. The second-order valence-corrected chi connectivity index (χ2v) is 22.6. The van der Waals surface area contributed by atoms with Crippen LogP contribution in [0.15, 0.2) is 213 Å². The molecule has 13 rings (SSSR count). The van der Waals surface area contributed by atoms with Gasteiger partial charge in [0.25, 0.3) is 11.1 Å². The summed E-state index contributed by atoms with van der Waals surface area (Å²) in [5, 5.41) is 12.7. The standard InChI is InChI=1S/C26H19FN2O.C18H15BrN2O.C11H13NO.C8H5F.C7H6BrNO2/c27-22-8-4-7-19(14-22)9-10-20-11-12-23-24(15-20)28-25-16-21(17-29(25)26(23)30)13-18-5-2-1-3-6-18;19-14-6-7-15-16(10-14)20-17-9-13(11-21(17)18(15)22)8-12-4-2-1-3-5-12;13-11-7-10(8-12-11)6-9-4-2-1-3-5-9;1-2-7-4-3-5-8(9)6-7;8-4-1-2-5(7(10)11)6(9)3-4/h1-8,11-12,14-15,21H,13,16-17H2;1-7,10,13H,8-9,11H2;1-5,10H,6-8H2,(H,12,13);1,3-6H;1-3H,9H2,(H,10,11). The second-order valence-electron chi connectivity index (χ2n) is 20.8. The Hall–Kier alpha value is -9.28. The van der Waals surface area contributed by atoms with Gasteiger partial charge in [0, 0.05) is 70.2 Å². The minimum absolute atomic E-state index is 0.00945. The average molecular weight is 1260 g/mol. The number of carbonyl (C=O) groups is 2. The molecular formula is C70H58Br2F2N6O5. The minimum Gasteiger partial charge on any atom is -0.478 e. The molecule has 4 N–H and O–H groups in total. The molecule has 10 aromatic rings. The number of terminal acetylenes is 1. The SMILES string of the molecule is C#Cc1cccc(F)c1.Nc1cc(Br)ccc1C(=O)O.O=C1CC(Cc2ccccc2)CN1.O=c1c2ccc(Br)cc2nc2n1CC(Cc1ccccc1)C2.O=c1c2ccc(C#Cc3cccc(F)c3)cc2nc2n1CC(Cc1ccccc1)C2. The Bertz CT molecular complexity index is 4260. The van der Waals surface area contributed by atoms with Crippen LogP contribution in [0.5, 0.6) is 0 Å². The molecular weight excluding hydrogens is 1200 g/mol. The molecule has 2 aromatic heterocycles. The molecule has 0 radical (unpaired) electrons. The molecule has 11 nitrogen and oxygen atoms in total. The summed E-state index contributed by atoms with van der Waals surface area (Å²) in [5.74, 6) is 10.00. The number of hydrogen-bond donors (Lipinski definition) is 3. The van der Waals surface area contributed by atoms with Crippen molar-refractivity contribution in [1.82, 2.24) is 24.4 Å². The number of carbonyl (C=O) groups excluding carboxylic acids is 1. The number of nitrogen functional groups attached to an aromatic ring is 1. The maximum Gasteiger partial charge on any atom is 0.337 e. The predicted octanol–water partition coefficient (Wildman–Crippen LogP) is 12.8. The third-order valence-corrected chi connectivity index (χ3v) is 15.4. The van der Waals surface area contributed by atoms with E-state index in [0.29, 0.717) is 58.1 Å². The number of rotatable bonds is 7. The quantitative estimate of drug-likeness (QED) is 0.105. The minimum atomic E-state index is -1.00. The zero-order valence-electron chi connectivity index (χ0n) is 46.1. The number of nitrogens with one attached hydrogen (secondary N) is 1. The number of nitrogens with zero attached hydrogens (tertiary/aromatic N) is 4. The van der Waals surface area contributed by atoms with E-state index in [-0.39, 0.29) is 39.9 Å². The highest BCUT2D eigenvalue weighted by Crippen LogP contribution is 2.26. The Morgan fingerprint density at radius 3 is 1.49 bits per heavy atom. The molecule has 0 aliphatic carbocycles. The topological polar surface area (TPSA) is 162 Å². The zero-order valence-corrected chi connectivity index (χ0v) is 49.3. The molecule has 8 aromatic carbocycles. The molecule has 5 heterocycles. The van der Waals surface area contributed by atoms with Crippen molar-refractivity contribution >= 4 is 71.2 Å². The zero-order chi connectivity index (χ0) is 59.8. The number of halogens is 4. The van der Waals surface area contributed by atoms with Crippen LogP contribution in [0, 0.1) is 53.6 Å². The molecule has 3 unspecified atom stereocenters. The van der Waals surface area contributed by atoms with Crippen molar-refractivity contribution in [3.8, 4) is 24.2 Å². The molecule has 1 fully saturated rings. The first-order valence-electron chi connectivity index (χ1n) is 27.5. The monoisotopic (exact) mass is 1260 g/mol. The van der Waals surface area contributed by atoms with Crippen molar-refractivity contribution in [2.75, 3.05) is 12.3 Å². The van der Waals surface area contributed by atoms with E-state index in [2.05, 4.69) is 103 Å². The van der Waals surface area contributed by atoms with Crippen molar-refractivity contribution in [1.29, 1.82) is 0 Å². The fourth-order valence-corrected chi connectivity index (χ4v) is 11.1. The van der Waals surface area contributed by atoms with Gasteiger partial charge in [-0.2, -0.15) is 0 Å². The van der Waals surface area contributed by atoms with Crippen molar-refractivity contribution in [2.24, 2.45) is 17.8 Å². The number of hydrogen-bond acceptors (Lipinski definition) is 7. The van der Waals surface area contributed by atoms with Gasteiger partial charge in [0.05, 0.1) is 27.4 Å². The highest BCUT2D eigenvalue weighted by Gasteiger charge is 2.27.